The number of hydrogen-bond acceptors (Lipinski definition) is 5. The molecule has 0 saturated carbocycles. The van der Waals surface area contributed by atoms with Crippen LogP contribution in [0, 0.1) is 0 Å². The third-order valence-electron chi connectivity index (χ3n) is 4.60. The van der Waals surface area contributed by atoms with Crippen LogP contribution in [0.25, 0.3) is 16.8 Å². The number of rotatable bonds is 2. The molecule has 4 rings (SSSR count). The molecule has 0 radical (unpaired) electrons. The van der Waals surface area contributed by atoms with Gasteiger partial charge >= 0.3 is 0 Å². The zero-order valence-electron chi connectivity index (χ0n) is 13.5. The van der Waals surface area contributed by atoms with E-state index < -0.39 is 0 Å². The lowest BCUT2D eigenvalue weighted by molar-refractivity contribution is 0.592. The van der Waals surface area contributed by atoms with E-state index in [2.05, 4.69) is 31.4 Å². The molecular weight excluding hydrogens is 370 g/mol. The van der Waals surface area contributed by atoms with E-state index in [0.717, 1.165) is 46.5 Å². The first-order valence-electron chi connectivity index (χ1n) is 8.17. The van der Waals surface area contributed by atoms with E-state index in [1.54, 1.807) is 15.4 Å². The first-order valence-corrected chi connectivity index (χ1v) is 8.97. The van der Waals surface area contributed by atoms with Crippen molar-refractivity contribution in [1.82, 2.24) is 29.7 Å². The molecule has 126 valence electrons. The smallest absolute Gasteiger partial charge is 0.165 e. The topological polar surface area (TPSA) is 86.1 Å². The second kappa shape index (κ2) is 6.18. The monoisotopic (exact) mass is 389 g/mol. The van der Waals surface area contributed by atoms with Crippen LogP contribution in [0.5, 0.6) is 0 Å². The van der Waals surface area contributed by atoms with E-state index in [0.29, 0.717) is 11.7 Å². The Labute approximate surface area is 148 Å². The fourth-order valence-corrected chi connectivity index (χ4v) is 3.88. The zero-order chi connectivity index (χ0) is 16.7. The highest BCUT2D eigenvalue weighted by Gasteiger charge is 2.23. The van der Waals surface area contributed by atoms with Crippen molar-refractivity contribution in [3.8, 4) is 11.1 Å². The molecular formula is C16H20BrN7. The minimum absolute atomic E-state index is 0.353. The van der Waals surface area contributed by atoms with Crippen LogP contribution in [0.4, 0.5) is 5.82 Å². The van der Waals surface area contributed by atoms with Gasteiger partial charge in [0.15, 0.2) is 5.65 Å². The number of aryl methyl sites for hydroxylation is 1. The molecule has 0 aromatic carbocycles. The fourth-order valence-electron chi connectivity index (χ4n) is 3.30. The maximum Gasteiger partial charge on any atom is 0.165 e. The summed E-state index contributed by atoms with van der Waals surface area (Å²) in [6, 6.07) is 0. The lowest BCUT2D eigenvalue weighted by Crippen LogP contribution is -2.21. The summed E-state index contributed by atoms with van der Waals surface area (Å²) in [7, 11) is 1.90. The van der Waals surface area contributed by atoms with Crippen LogP contribution in [0.1, 0.15) is 30.9 Å². The maximum absolute atomic E-state index is 6.33. The Bertz CT molecular complexity index is 874. The van der Waals surface area contributed by atoms with Gasteiger partial charge in [0.25, 0.3) is 0 Å². The van der Waals surface area contributed by atoms with Crippen LogP contribution in [0.15, 0.2) is 23.1 Å². The van der Waals surface area contributed by atoms with Crippen molar-refractivity contribution in [1.29, 1.82) is 0 Å². The number of fused-ring (bicyclic) bond motifs is 1. The van der Waals surface area contributed by atoms with Crippen LogP contribution in [-0.4, -0.2) is 37.5 Å². The standard InChI is InChI=1S/C16H20BrN7/c1-23-9-11(7-20-23)12-8-21-24-15(18)13(17)14(22-16(12)24)10-4-2-3-5-19-6-10/h7-10,19H,2-6,18H2,1H3. The quantitative estimate of drug-likeness (QED) is 0.702. The lowest BCUT2D eigenvalue weighted by Gasteiger charge is -2.17. The van der Waals surface area contributed by atoms with Crippen LogP contribution < -0.4 is 11.1 Å². The lowest BCUT2D eigenvalue weighted by atomic mass is 9.99. The summed E-state index contributed by atoms with van der Waals surface area (Å²) in [5.74, 6) is 0.945. The second-order valence-electron chi connectivity index (χ2n) is 6.29. The molecule has 1 aliphatic rings. The molecule has 1 saturated heterocycles. The highest BCUT2D eigenvalue weighted by molar-refractivity contribution is 9.10. The van der Waals surface area contributed by atoms with Crippen molar-refractivity contribution in [2.24, 2.45) is 7.05 Å². The molecule has 0 spiro atoms. The predicted octanol–water partition coefficient (Wildman–Crippen LogP) is 2.33. The number of nitrogen functional groups attached to an aromatic ring is 1. The summed E-state index contributed by atoms with van der Waals surface area (Å²) in [4.78, 5) is 4.94. The number of nitrogens with two attached hydrogens (primary N) is 1. The molecule has 8 heteroatoms. The Morgan fingerprint density at radius 3 is 2.96 bits per heavy atom. The second-order valence-corrected chi connectivity index (χ2v) is 7.08. The van der Waals surface area contributed by atoms with Crippen molar-refractivity contribution in [3.05, 3.63) is 28.8 Å². The number of halogens is 1. The average Bonchev–Trinajstić information content (AvgIpc) is 3.08. The van der Waals surface area contributed by atoms with E-state index in [4.69, 9.17) is 10.7 Å². The third-order valence-corrected chi connectivity index (χ3v) is 5.41. The summed E-state index contributed by atoms with van der Waals surface area (Å²) in [6.45, 7) is 2.00. The molecule has 0 amide bonds. The molecule has 24 heavy (non-hydrogen) atoms. The van der Waals surface area contributed by atoms with Gasteiger partial charge in [-0.15, -0.1) is 0 Å². The summed E-state index contributed by atoms with van der Waals surface area (Å²) in [6.07, 6.45) is 9.11. The molecule has 4 heterocycles. The third kappa shape index (κ3) is 2.59. The largest absolute Gasteiger partial charge is 0.383 e. The molecule has 1 fully saturated rings. The molecule has 0 bridgehead atoms. The van der Waals surface area contributed by atoms with Gasteiger partial charge in [0.2, 0.25) is 0 Å². The molecule has 0 aliphatic carbocycles. The van der Waals surface area contributed by atoms with Crippen LogP contribution in [0.2, 0.25) is 0 Å². The summed E-state index contributed by atoms with van der Waals surface area (Å²) in [5, 5.41) is 12.2. The van der Waals surface area contributed by atoms with Crippen LogP contribution >= 0.6 is 15.9 Å². The van der Waals surface area contributed by atoms with Crippen LogP contribution in [-0.2, 0) is 7.05 Å². The van der Waals surface area contributed by atoms with E-state index >= 15 is 0 Å². The van der Waals surface area contributed by atoms with Gasteiger partial charge in [-0.3, -0.25) is 4.68 Å². The van der Waals surface area contributed by atoms with Crippen molar-refractivity contribution < 1.29 is 0 Å². The van der Waals surface area contributed by atoms with Crippen LogP contribution in [0.3, 0.4) is 0 Å². The van der Waals surface area contributed by atoms with Crippen molar-refractivity contribution in [2.45, 2.75) is 25.2 Å². The zero-order valence-corrected chi connectivity index (χ0v) is 15.1. The van der Waals surface area contributed by atoms with Gasteiger partial charge in [-0.05, 0) is 35.3 Å². The first-order chi connectivity index (χ1) is 11.6. The van der Waals surface area contributed by atoms with Gasteiger partial charge in [0, 0.05) is 36.8 Å². The summed E-state index contributed by atoms with van der Waals surface area (Å²) < 4.78 is 4.32. The molecule has 1 unspecified atom stereocenters. The SMILES string of the molecule is Cn1cc(-c2cnn3c(N)c(Br)c(C4CCCCNC4)nc23)cn1. The Morgan fingerprint density at radius 1 is 1.29 bits per heavy atom. The van der Waals surface area contributed by atoms with Gasteiger partial charge in [0.05, 0.1) is 22.6 Å². The number of anilines is 1. The number of aromatic nitrogens is 5. The molecule has 1 atom stereocenters. The molecule has 1 aliphatic heterocycles. The predicted molar refractivity (Wildman–Crippen MR) is 96.8 cm³/mol. The van der Waals surface area contributed by atoms with Crippen molar-refractivity contribution in [3.63, 3.8) is 0 Å². The number of nitrogens with one attached hydrogen (secondary N) is 1. The maximum atomic E-state index is 6.33. The molecule has 3 aromatic rings. The Morgan fingerprint density at radius 2 is 2.17 bits per heavy atom. The number of hydrogen-bond donors (Lipinski definition) is 2. The van der Waals surface area contributed by atoms with E-state index in [1.165, 1.54) is 12.8 Å². The fraction of sp³-hybridized carbons (Fsp3) is 0.438. The molecule has 3 aromatic heterocycles. The van der Waals surface area contributed by atoms with Gasteiger partial charge in [0.1, 0.15) is 5.82 Å². The Balaban J connectivity index is 1.87. The van der Waals surface area contributed by atoms with Crippen molar-refractivity contribution >= 4 is 27.4 Å². The average molecular weight is 390 g/mol. The molecule has 3 N–H and O–H groups in total. The van der Waals surface area contributed by atoms with Gasteiger partial charge < -0.3 is 11.1 Å². The summed E-state index contributed by atoms with van der Waals surface area (Å²) in [5.41, 5.74) is 10.1. The minimum Gasteiger partial charge on any atom is -0.383 e. The Kier molecular flexibility index (Phi) is 4.01. The highest BCUT2D eigenvalue weighted by atomic mass is 79.9. The van der Waals surface area contributed by atoms with E-state index in [9.17, 15) is 0 Å². The normalized spacial score (nSPS) is 18.8. The van der Waals surface area contributed by atoms with Gasteiger partial charge in [-0.2, -0.15) is 14.7 Å². The first kappa shape index (κ1) is 15.6. The van der Waals surface area contributed by atoms with E-state index in [1.807, 2.05) is 19.4 Å². The van der Waals surface area contributed by atoms with E-state index in [-0.39, 0.29) is 0 Å². The van der Waals surface area contributed by atoms with Gasteiger partial charge in [-0.25, -0.2) is 4.98 Å². The summed E-state index contributed by atoms with van der Waals surface area (Å²) >= 11 is 3.64. The molecule has 7 nitrogen and oxygen atoms in total. The minimum atomic E-state index is 0.353. The van der Waals surface area contributed by atoms with Gasteiger partial charge in [-0.1, -0.05) is 6.42 Å². The number of nitrogens with zero attached hydrogens (tertiary/aromatic N) is 5. The highest BCUT2D eigenvalue weighted by Crippen LogP contribution is 2.34. The Hall–Kier alpha value is -1.93. The van der Waals surface area contributed by atoms with Crippen molar-refractivity contribution in [2.75, 3.05) is 18.8 Å².